The smallest absolute Gasteiger partial charge is 0.240 e. The number of hydrogen-bond acceptors (Lipinski definition) is 5. The van der Waals surface area contributed by atoms with E-state index in [0.717, 1.165) is 32.5 Å². The molecule has 136 valence electrons. The number of likely N-dealkylation sites (tertiary alicyclic amines) is 1. The topological polar surface area (TPSA) is 58.6 Å². The number of hydrogen-bond donors (Lipinski definition) is 1. The van der Waals surface area contributed by atoms with E-state index >= 15 is 0 Å². The molecule has 0 aliphatic carbocycles. The van der Waals surface area contributed by atoms with Gasteiger partial charge in [0, 0.05) is 18.0 Å². The quantitative estimate of drug-likeness (QED) is 0.802. The number of piperidine rings is 1. The monoisotopic (exact) mass is 380 g/mol. The highest BCUT2D eigenvalue weighted by molar-refractivity contribution is 7.89. The predicted octanol–water partition coefficient (Wildman–Crippen LogP) is 2.95. The van der Waals surface area contributed by atoms with Crippen LogP contribution < -0.4 is 9.46 Å². The number of nitrogens with zero attached hydrogens (tertiary/aromatic N) is 1. The molecule has 0 atom stereocenters. The van der Waals surface area contributed by atoms with Gasteiger partial charge in [-0.05, 0) is 67.6 Å². The van der Waals surface area contributed by atoms with Crippen LogP contribution in [-0.4, -0.2) is 40.1 Å². The molecule has 1 N–H and O–H groups in total. The molecule has 1 aromatic carbocycles. The molecule has 2 aromatic rings. The van der Waals surface area contributed by atoms with Gasteiger partial charge in [0.2, 0.25) is 10.0 Å². The summed E-state index contributed by atoms with van der Waals surface area (Å²) in [5.74, 6) is 1.05. The van der Waals surface area contributed by atoms with Crippen molar-refractivity contribution >= 4 is 21.4 Å². The van der Waals surface area contributed by atoms with E-state index in [-0.39, 0.29) is 4.90 Å². The Bertz CT molecular complexity index is 750. The third-order valence-electron chi connectivity index (χ3n) is 4.60. The van der Waals surface area contributed by atoms with E-state index < -0.39 is 10.0 Å². The number of methoxy groups -OCH3 is 1. The highest BCUT2D eigenvalue weighted by atomic mass is 32.2. The van der Waals surface area contributed by atoms with Crippen molar-refractivity contribution in [1.29, 1.82) is 0 Å². The van der Waals surface area contributed by atoms with Gasteiger partial charge in [0.1, 0.15) is 5.75 Å². The Morgan fingerprint density at radius 1 is 1.20 bits per heavy atom. The van der Waals surface area contributed by atoms with Crippen molar-refractivity contribution in [3.63, 3.8) is 0 Å². The third kappa shape index (κ3) is 5.04. The van der Waals surface area contributed by atoms with Gasteiger partial charge in [0.15, 0.2) is 0 Å². The zero-order valence-corrected chi connectivity index (χ0v) is 16.0. The molecule has 0 radical (unpaired) electrons. The molecule has 25 heavy (non-hydrogen) atoms. The summed E-state index contributed by atoms with van der Waals surface area (Å²) < 4.78 is 32.6. The van der Waals surface area contributed by atoms with Gasteiger partial charge in [0.25, 0.3) is 0 Å². The number of sulfonamides is 1. The van der Waals surface area contributed by atoms with Crippen LogP contribution in [0.25, 0.3) is 0 Å². The van der Waals surface area contributed by atoms with Crippen LogP contribution in [0.5, 0.6) is 5.75 Å². The van der Waals surface area contributed by atoms with Crippen molar-refractivity contribution in [3.8, 4) is 5.75 Å². The fourth-order valence-electron chi connectivity index (χ4n) is 3.04. The number of ether oxygens (including phenoxy) is 1. The summed E-state index contributed by atoms with van der Waals surface area (Å²) >= 11 is 1.79. The lowest BCUT2D eigenvalue weighted by molar-refractivity contribution is 0.180. The largest absolute Gasteiger partial charge is 0.497 e. The summed E-state index contributed by atoms with van der Waals surface area (Å²) in [6.07, 6.45) is 2.05. The van der Waals surface area contributed by atoms with Crippen LogP contribution in [0.2, 0.25) is 0 Å². The van der Waals surface area contributed by atoms with Gasteiger partial charge in [-0.2, -0.15) is 0 Å². The molecule has 0 amide bonds. The van der Waals surface area contributed by atoms with Gasteiger partial charge in [-0.1, -0.05) is 6.07 Å². The fourth-order valence-corrected chi connectivity index (χ4v) is 4.90. The van der Waals surface area contributed by atoms with Gasteiger partial charge < -0.3 is 4.74 Å². The van der Waals surface area contributed by atoms with Gasteiger partial charge in [-0.15, -0.1) is 11.3 Å². The summed E-state index contributed by atoms with van der Waals surface area (Å²) in [6.45, 7) is 3.54. The molecule has 0 bridgehead atoms. The molecule has 0 spiro atoms. The average molecular weight is 381 g/mol. The molecule has 0 saturated carbocycles. The maximum absolute atomic E-state index is 12.4. The summed E-state index contributed by atoms with van der Waals surface area (Å²) in [5, 5.41) is 2.11. The minimum atomic E-state index is -3.46. The molecule has 1 fully saturated rings. The van der Waals surface area contributed by atoms with Crippen LogP contribution in [-0.2, 0) is 16.6 Å². The normalized spacial score (nSPS) is 16.8. The third-order valence-corrected chi connectivity index (χ3v) is 6.90. The van der Waals surface area contributed by atoms with Crippen molar-refractivity contribution in [2.24, 2.45) is 5.92 Å². The minimum absolute atomic E-state index is 0.281. The number of nitrogens with one attached hydrogen (secondary N) is 1. The Balaban J connectivity index is 1.47. The fraction of sp³-hybridized carbons (Fsp3) is 0.444. The van der Waals surface area contributed by atoms with Crippen LogP contribution in [0.15, 0.2) is 46.7 Å². The first kappa shape index (κ1) is 18.4. The second-order valence-electron chi connectivity index (χ2n) is 6.33. The molecule has 1 aromatic heterocycles. The summed E-state index contributed by atoms with van der Waals surface area (Å²) in [4.78, 5) is 4.11. The van der Waals surface area contributed by atoms with Gasteiger partial charge in [-0.3, -0.25) is 4.90 Å². The predicted molar refractivity (Wildman–Crippen MR) is 101 cm³/mol. The summed E-state index contributed by atoms with van der Waals surface area (Å²) in [6, 6.07) is 10.7. The Kier molecular flexibility index (Phi) is 6.11. The number of rotatable bonds is 7. The molecule has 3 rings (SSSR count). The molecular weight excluding hydrogens is 356 g/mol. The van der Waals surface area contributed by atoms with Gasteiger partial charge in [0.05, 0.1) is 12.0 Å². The lowest BCUT2D eigenvalue weighted by Crippen LogP contribution is -2.38. The van der Waals surface area contributed by atoms with Crippen LogP contribution in [0.3, 0.4) is 0 Å². The first-order valence-electron chi connectivity index (χ1n) is 8.45. The van der Waals surface area contributed by atoms with E-state index in [0.29, 0.717) is 18.2 Å². The Labute approximate surface area is 153 Å². The Hall–Kier alpha value is -1.41. The maximum atomic E-state index is 12.4. The van der Waals surface area contributed by atoms with E-state index in [1.165, 1.54) is 4.88 Å². The van der Waals surface area contributed by atoms with Crippen LogP contribution in [0, 0.1) is 5.92 Å². The van der Waals surface area contributed by atoms with E-state index in [2.05, 4.69) is 27.1 Å². The lowest BCUT2D eigenvalue weighted by Gasteiger charge is -2.31. The summed E-state index contributed by atoms with van der Waals surface area (Å²) in [5.41, 5.74) is 0. The van der Waals surface area contributed by atoms with Crippen molar-refractivity contribution in [3.05, 3.63) is 46.7 Å². The maximum Gasteiger partial charge on any atom is 0.240 e. The molecular formula is C18H24N2O3S2. The number of thiophene rings is 1. The Morgan fingerprint density at radius 3 is 2.52 bits per heavy atom. The second-order valence-corrected chi connectivity index (χ2v) is 9.13. The van der Waals surface area contributed by atoms with E-state index in [1.807, 2.05) is 0 Å². The van der Waals surface area contributed by atoms with Crippen LogP contribution >= 0.6 is 11.3 Å². The zero-order chi connectivity index (χ0) is 17.7. The SMILES string of the molecule is COc1ccc(S(=O)(=O)NCC2CCN(Cc3cccs3)CC2)cc1. The standard InChI is InChI=1S/C18H24N2O3S2/c1-23-16-4-6-18(7-5-16)25(21,22)19-13-15-8-10-20(11-9-15)14-17-3-2-12-24-17/h2-7,12,15,19H,8-11,13-14H2,1H3. The van der Waals surface area contributed by atoms with Crippen LogP contribution in [0.1, 0.15) is 17.7 Å². The molecule has 2 heterocycles. The molecule has 1 aliphatic rings. The highest BCUT2D eigenvalue weighted by Crippen LogP contribution is 2.21. The lowest BCUT2D eigenvalue weighted by atomic mass is 9.97. The van der Waals surface area contributed by atoms with E-state index in [1.54, 1.807) is 42.7 Å². The molecule has 7 heteroatoms. The van der Waals surface area contributed by atoms with Crippen molar-refractivity contribution in [2.45, 2.75) is 24.3 Å². The van der Waals surface area contributed by atoms with Crippen molar-refractivity contribution in [2.75, 3.05) is 26.7 Å². The highest BCUT2D eigenvalue weighted by Gasteiger charge is 2.22. The molecule has 1 aliphatic heterocycles. The average Bonchev–Trinajstić information content (AvgIpc) is 3.14. The van der Waals surface area contributed by atoms with Crippen molar-refractivity contribution in [1.82, 2.24) is 9.62 Å². The first-order valence-corrected chi connectivity index (χ1v) is 10.8. The minimum Gasteiger partial charge on any atom is -0.497 e. The van der Waals surface area contributed by atoms with Gasteiger partial charge in [-0.25, -0.2) is 13.1 Å². The summed E-state index contributed by atoms with van der Waals surface area (Å²) in [7, 11) is -1.89. The number of benzene rings is 1. The molecule has 5 nitrogen and oxygen atoms in total. The van der Waals surface area contributed by atoms with Crippen molar-refractivity contribution < 1.29 is 13.2 Å². The van der Waals surface area contributed by atoms with E-state index in [4.69, 9.17) is 4.74 Å². The molecule has 0 unspecified atom stereocenters. The molecule has 1 saturated heterocycles. The van der Waals surface area contributed by atoms with Gasteiger partial charge >= 0.3 is 0 Å². The second kappa shape index (κ2) is 8.31. The Morgan fingerprint density at radius 2 is 1.92 bits per heavy atom. The zero-order valence-electron chi connectivity index (χ0n) is 14.3. The first-order chi connectivity index (χ1) is 12.1. The van der Waals surface area contributed by atoms with E-state index in [9.17, 15) is 8.42 Å². The van der Waals surface area contributed by atoms with Crippen LogP contribution in [0.4, 0.5) is 0 Å².